The highest BCUT2D eigenvalue weighted by atomic mass is 16.6. The Hall–Kier alpha value is -4.09. The van der Waals surface area contributed by atoms with Crippen molar-refractivity contribution in [3.05, 3.63) is 71.8 Å². The van der Waals surface area contributed by atoms with Crippen LogP contribution < -0.4 is 0 Å². The minimum absolute atomic E-state index is 0.0824. The summed E-state index contributed by atoms with van der Waals surface area (Å²) in [5, 5.41) is 10.2. The SMILES string of the molecule is C=C1[C@@H]([C@@]2(C)C=CC(=O)C(C)(C)[C@@H]2CC(=O)OC)[C@@H](OC(C)=O)[C@H](OC(=O)Cc2ccccc2)[C@@]2(C)[C@H](C3=C[C@@H](O)OC3=O)C[C@H]3O[C@]132. The molecule has 2 aliphatic heterocycles. The predicted octanol–water partition coefficient (Wildman–Crippen LogP) is 3.57. The third kappa shape index (κ3) is 4.88. The molecule has 0 aromatic heterocycles. The molecular formula is C37H42O11. The summed E-state index contributed by atoms with van der Waals surface area (Å²) in [7, 11) is 1.28. The van der Waals surface area contributed by atoms with Gasteiger partial charge in [-0.25, -0.2) is 4.79 Å². The maximum atomic E-state index is 13.9. The Kier molecular flexibility index (Phi) is 8.11. The number of cyclic esters (lactones) is 1. The van der Waals surface area contributed by atoms with Crippen LogP contribution in [0.1, 0.15) is 53.0 Å². The van der Waals surface area contributed by atoms with Gasteiger partial charge in [-0.3, -0.25) is 19.2 Å². The van der Waals surface area contributed by atoms with Crippen molar-refractivity contribution in [3.63, 3.8) is 0 Å². The second kappa shape index (κ2) is 11.5. The number of rotatable bonds is 8. The van der Waals surface area contributed by atoms with Gasteiger partial charge in [0.25, 0.3) is 0 Å². The molecular weight excluding hydrogens is 620 g/mol. The molecule has 5 aliphatic rings. The summed E-state index contributed by atoms with van der Waals surface area (Å²) in [5.41, 5.74) is -3.02. The number of ketones is 1. The standard InChI is InChI=1S/C37H42O11/c1-19-30(35(5)14-13-25(39)34(3,4)24(35)18-27(40)44-7)31(45-20(2)38)32(46-28(41)15-21-11-9-8-10-12-21)36(6)23(17-26-37(19,36)48-26)22-16-29(42)47-33(22)43/h8-14,16,23-24,26,29-32,42H,1,15,17-18H2,2-7H3/t23-,24-,26+,29-,30+,31+,32-,35-,36+,37+/m0/s1. The molecule has 1 aromatic rings. The Balaban J connectivity index is 1.54. The van der Waals surface area contributed by atoms with E-state index < -0.39 is 88.1 Å². The largest absolute Gasteiger partial charge is 0.469 e. The van der Waals surface area contributed by atoms with Crippen LogP contribution in [0.15, 0.2) is 66.3 Å². The molecule has 256 valence electrons. The van der Waals surface area contributed by atoms with Crippen LogP contribution in [0.3, 0.4) is 0 Å². The first kappa shape index (κ1) is 33.8. The number of esters is 4. The minimum Gasteiger partial charge on any atom is -0.469 e. The first-order chi connectivity index (χ1) is 22.5. The zero-order valence-electron chi connectivity index (χ0n) is 28.0. The summed E-state index contributed by atoms with van der Waals surface area (Å²) < 4.78 is 29.3. The maximum Gasteiger partial charge on any atom is 0.336 e. The van der Waals surface area contributed by atoms with Gasteiger partial charge in [-0.15, -0.1) is 0 Å². The highest BCUT2D eigenvalue weighted by Gasteiger charge is 2.84. The number of carbonyl (C=O) groups excluding carboxylic acids is 5. The zero-order valence-corrected chi connectivity index (χ0v) is 28.0. The van der Waals surface area contributed by atoms with E-state index in [2.05, 4.69) is 6.58 Å². The third-order valence-corrected chi connectivity index (χ3v) is 11.8. The Morgan fingerprint density at radius 2 is 1.73 bits per heavy atom. The van der Waals surface area contributed by atoms with Gasteiger partial charge in [-0.1, -0.05) is 70.7 Å². The molecule has 1 N–H and O–H groups in total. The van der Waals surface area contributed by atoms with Gasteiger partial charge in [0, 0.05) is 35.2 Å². The van der Waals surface area contributed by atoms with E-state index in [0.29, 0.717) is 17.6 Å². The van der Waals surface area contributed by atoms with Crippen LogP contribution in [0, 0.1) is 34.0 Å². The molecule has 3 aliphatic carbocycles. The van der Waals surface area contributed by atoms with Crippen molar-refractivity contribution in [2.45, 2.75) is 84.1 Å². The van der Waals surface area contributed by atoms with Crippen molar-refractivity contribution in [2.75, 3.05) is 7.11 Å². The van der Waals surface area contributed by atoms with E-state index in [0.717, 1.165) is 0 Å². The molecule has 1 spiro atoms. The molecule has 2 saturated carbocycles. The van der Waals surface area contributed by atoms with Crippen LogP contribution in [0.2, 0.25) is 0 Å². The third-order valence-electron chi connectivity index (χ3n) is 11.8. The quantitative estimate of drug-likeness (QED) is 0.188. The number of hydrogen-bond acceptors (Lipinski definition) is 11. The average molecular weight is 663 g/mol. The molecule has 11 heteroatoms. The average Bonchev–Trinajstić information content (AvgIpc) is 3.57. The van der Waals surface area contributed by atoms with Crippen molar-refractivity contribution >= 4 is 29.7 Å². The smallest absolute Gasteiger partial charge is 0.336 e. The first-order valence-corrected chi connectivity index (χ1v) is 16.2. The molecule has 1 saturated heterocycles. The number of epoxide rings is 1. The fourth-order valence-corrected chi connectivity index (χ4v) is 9.49. The molecule has 1 aromatic carbocycles. The molecule has 10 atom stereocenters. The fraction of sp³-hybridized carbons (Fsp3) is 0.541. The molecule has 0 amide bonds. The topological polar surface area (TPSA) is 155 Å². The van der Waals surface area contributed by atoms with E-state index in [9.17, 15) is 29.1 Å². The second-order valence-electron chi connectivity index (χ2n) is 14.6. The summed E-state index contributed by atoms with van der Waals surface area (Å²) in [6, 6.07) is 9.04. The molecule has 0 radical (unpaired) electrons. The Morgan fingerprint density at radius 3 is 2.33 bits per heavy atom. The van der Waals surface area contributed by atoms with Crippen LogP contribution in [0.4, 0.5) is 0 Å². The summed E-state index contributed by atoms with van der Waals surface area (Å²) in [6.45, 7) is 13.1. The van der Waals surface area contributed by atoms with E-state index in [1.54, 1.807) is 44.2 Å². The highest BCUT2D eigenvalue weighted by molar-refractivity contribution is 5.96. The number of benzene rings is 1. The van der Waals surface area contributed by atoms with Crippen molar-refractivity contribution in [1.82, 2.24) is 0 Å². The van der Waals surface area contributed by atoms with Crippen molar-refractivity contribution in [1.29, 1.82) is 0 Å². The van der Waals surface area contributed by atoms with E-state index in [4.69, 9.17) is 23.7 Å². The van der Waals surface area contributed by atoms with Gasteiger partial charge in [0.2, 0.25) is 6.29 Å². The van der Waals surface area contributed by atoms with Crippen LogP contribution >= 0.6 is 0 Å². The molecule has 0 bridgehead atoms. The van der Waals surface area contributed by atoms with Gasteiger partial charge in [0.1, 0.15) is 17.8 Å². The molecule has 6 rings (SSSR count). The van der Waals surface area contributed by atoms with Gasteiger partial charge in [-0.05, 0) is 35.6 Å². The Bertz CT molecular complexity index is 1640. The molecule has 3 fully saturated rings. The summed E-state index contributed by atoms with van der Waals surface area (Å²) in [5.74, 6) is -4.76. The first-order valence-electron chi connectivity index (χ1n) is 16.2. The maximum absolute atomic E-state index is 13.9. The van der Waals surface area contributed by atoms with E-state index in [-0.39, 0.29) is 24.2 Å². The molecule has 0 unspecified atom stereocenters. The molecule has 2 heterocycles. The Labute approximate surface area is 279 Å². The predicted molar refractivity (Wildman–Crippen MR) is 168 cm³/mol. The van der Waals surface area contributed by atoms with Crippen LogP contribution in [-0.4, -0.2) is 72.1 Å². The van der Waals surface area contributed by atoms with Crippen LogP contribution in [-0.2, 0) is 54.1 Å². The molecule has 48 heavy (non-hydrogen) atoms. The summed E-state index contributed by atoms with van der Waals surface area (Å²) in [4.78, 5) is 66.1. The minimum atomic E-state index is -1.43. The number of hydrogen-bond donors (Lipinski definition) is 1. The van der Waals surface area contributed by atoms with Gasteiger partial charge in [-0.2, -0.15) is 0 Å². The second-order valence-corrected chi connectivity index (χ2v) is 14.6. The summed E-state index contributed by atoms with van der Waals surface area (Å²) in [6.07, 6.45) is 0.416. The number of aliphatic hydroxyl groups excluding tert-OH is 1. The van der Waals surface area contributed by atoms with Crippen molar-refractivity contribution in [3.8, 4) is 0 Å². The Morgan fingerprint density at radius 1 is 1.04 bits per heavy atom. The monoisotopic (exact) mass is 662 g/mol. The fourth-order valence-electron chi connectivity index (χ4n) is 9.49. The summed E-state index contributed by atoms with van der Waals surface area (Å²) >= 11 is 0. The van der Waals surface area contributed by atoms with Gasteiger partial charge in [0.15, 0.2) is 5.78 Å². The molecule has 11 nitrogen and oxygen atoms in total. The van der Waals surface area contributed by atoms with Gasteiger partial charge in [0.05, 0.1) is 31.5 Å². The number of ether oxygens (including phenoxy) is 5. The normalized spacial score (nSPS) is 39.1. The van der Waals surface area contributed by atoms with Crippen LogP contribution in [0.5, 0.6) is 0 Å². The highest BCUT2D eigenvalue weighted by Crippen LogP contribution is 2.76. The van der Waals surface area contributed by atoms with Crippen molar-refractivity contribution in [2.24, 2.45) is 34.0 Å². The lowest BCUT2D eigenvalue weighted by atomic mass is 9.46. The number of methoxy groups -OCH3 is 1. The lowest BCUT2D eigenvalue weighted by Crippen LogP contribution is -2.67. The zero-order chi connectivity index (χ0) is 35.0. The number of aliphatic hydroxyl groups is 1. The van der Waals surface area contributed by atoms with Gasteiger partial charge >= 0.3 is 23.9 Å². The van der Waals surface area contributed by atoms with E-state index >= 15 is 0 Å². The van der Waals surface area contributed by atoms with Crippen molar-refractivity contribution < 1.29 is 52.8 Å². The van der Waals surface area contributed by atoms with Crippen LogP contribution in [0.25, 0.3) is 0 Å². The number of carbonyl (C=O) groups is 5. The van der Waals surface area contributed by atoms with E-state index in [1.165, 1.54) is 26.2 Å². The van der Waals surface area contributed by atoms with E-state index in [1.807, 2.05) is 19.9 Å². The number of allylic oxidation sites excluding steroid dienone is 2. The van der Waals surface area contributed by atoms with Gasteiger partial charge < -0.3 is 28.8 Å². The lowest BCUT2D eigenvalue weighted by molar-refractivity contribution is -0.210. The lowest BCUT2D eigenvalue weighted by Gasteiger charge is -2.59.